The van der Waals surface area contributed by atoms with Crippen molar-refractivity contribution in [3.63, 3.8) is 0 Å². The Morgan fingerprint density at radius 1 is 1.44 bits per heavy atom. The Kier molecular flexibility index (Phi) is 2.99. The number of hydrogen-bond donors (Lipinski definition) is 1. The van der Waals surface area contributed by atoms with E-state index in [1.54, 1.807) is 23.2 Å². The molecule has 1 amide bonds. The fraction of sp³-hybridized carbons (Fsp3) is 0.538. The maximum Gasteiger partial charge on any atom is 0.257 e. The average Bonchev–Trinajstić information content (AvgIpc) is 2.92. The van der Waals surface area contributed by atoms with Gasteiger partial charge in [0.2, 0.25) is 0 Å². The fourth-order valence-electron chi connectivity index (χ4n) is 3.12. The Morgan fingerprint density at radius 3 is 3.00 bits per heavy atom. The quantitative estimate of drug-likeness (QED) is 0.785. The Labute approximate surface area is 111 Å². The van der Waals surface area contributed by atoms with Gasteiger partial charge in [0, 0.05) is 25.2 Å². The SMILES string of the molecule is O=C(c1cccnc1Cl)N1CC2CCC(O)C2C1. The molecule has 1 aliphatic carbocycles. The highest BCUT2D eigenvalue weighted by Gasteiger charge is 2.43. The number of pyridine rings is 1. The zero-order chi connectivity index (χ0) is 12.7. The van der Waals surface area contributed by atoms with Gasteiger partial charge in [-0.1, -0.05) is 11.6 Å². The first-order valence-electron chi connectivity index (χ1n) is 6.24. The number of aliphatic hydroxyl groups is 1. The summed E-state index contributed by atoms with van der Waals surface area (Å²) >= 11 is 5.94. The summed E-state index contributed by atoms with van der Waals surface area (Å²) in [4.78, 5) is 18.0. The molecule has 1 saturated heterocycles. The Bertz CT molecular complexity index is 480. The van der Waals surface area contributed by atoms with Crippen LogP contribution in [0, 0.1) is 11.8 Å². The third kappa shape index (κ3) is 1.89. The number of carbonyl (C=O) groups is 1. The molecule has 1 N–H and O–H groups in total. The fourth-order valence-corrected chi connectivity index (χ4v) is 3.32. The largest absolute Gasteiger partial charge is 0.393 e. The van der Waals surface area contributed by atoms with Crippen LogP contribution in [0.25, 0.3) is 0 Å². The summed E-state index contributed by atoms with van der Waals surface area (Å²) < 4.78 is 0. The highest BCUT2D eigenvalue weighted by atomic mass is 35.5. The summed E-state index contributed by atoms with van der Waals surface area (Å²) in [7, 11) is 0. The highest BCUT2D eigenvalue weighted by molar-refractivity contribution is 6.32. The molecule has 0 aromatic carbocycles. The van der Waals surface area contributed by atoms with Gasteiger partial charge < -0.3 is 10.0 Å². The molecule has 18 heavy (non-hydrogen) atoms. The van der Waals surface area contributed by atoms with Gasteiger partial charge in [0.25, 0.3) is 5.91 Å². The topological polar surface area (TPSA) is 53.4 Å². The lowest BCUT2D eigenvalue weighted by molar-refractivity contribution is 0.0752. The first kappa shape index (κ1) is 11.9. The first-order chi connectivity index (χ1) is 8.66. The van der Waals surface area contributed by atoms with Crippen molar-refractivity contribution in [3.05, 3.63) is 29.0 Å². The lowest BCUT2D eigenvalue weighted by atomic mass is 10.00. The monoisotopic (exact) mass is 266 g/mol. The number of amides is 1. The van der Waals surface area contributed by atoms with Crippen LogP contribution in [0.3, 0.4) is 0 Å². The summed E-state index contributed by atoms with van der Waals surface area (Å²) in [5.41, 5.74) is 0.452. The van der Waals surface area contributed by atoms with E-state index in [4.69, 9.17) is 11.6 Å². The summed E-state index contributed by atoms with van der Waals surface area (Å²) in [5.74, 6) is 0.610. The van der Waals surface area contributed by atoms with Crippen LogP contribution in [0.1, 0.15) is 23.2 Å². The zero-order valence-corrected chi connectivity index (χ0v) is 10.7. The molecule has 2 fully saturated rings. The number of aromatic nitrogens is 1. The number of hydrogen-bond acceptors (Lipinski definition) is 3. The Morgan fingerprint density at radius 2 is 2.28 bits per heavy atom. The lowest BCUT2D eigenvalue weighted by Crippen LogP contribution is -2.31. The van der Waals surface area contributed by atoms with E-state index in [0.29, 0.717) is 18.0 Å². The van der Waals surface area contributed by atoms with Crippen LogP contribution in [-0.4, -0.2) is 40.1 Å². The van der Waals surface area contributed by atoms with Crippen molar-refractivity contribution in [1.29, 1.82) is 0 Å². The van der Waals surface area contributed by atoms with E-state index in [2.05, 4.69) is 4.98 Å². The molecule has 1 aromatic heterocycles. The van der Waals surface area contributed by atoms with E-state index >= 15 is 0 Å². The predicted octanol–water partition coefficient (Wildman–Crippen LogP) is 1.58. The van der Waals surface area contributed by atoms with E-state index in [9.17, 15) is 9.90 Å². The van der Waals surface area contributed by atoms with Crippen molar-refractivity contribution in [2.75, 3.05) is 13.1 Å². The molecule has 1 saturated carbocycles. The molecule has 1 aliphatic heterocycles. The molecular weight excluding hydrogens is 252 g/mol. The molecule has 3 atom stereocenters. The van der Waals surface area contributed by atoms with Crippen molar-refractivity contribution in [2.24, 2.45) is 11.8 Å². The zero-order valence-electron chi connectivity index (χ0n) is 9.92. The maximum absolute atomic E-state index is 12.3. The van der Waals surface area contributed by atoms with Gasteiger partial charge in [0.15, 0.2) is 0 Å². The van der Waals surface area contributed by atoms with Crippen molar-refractivity contribution < 1.29 is 9.90 Å². The van der Waals surface area contributed by atoms with Crippen LogP contribution >= 0.6 is 11.6 Å². The molecule has 4 nitrogen and oxygen atoms in total. The number of carbonyl (C=O) groups excluding carboxylic acids is 1. The Balaban J connectivity index is 1.78. The van der Waals surface area contributed by atoms with Gasteiger partial charge in [0.05, 0.1) is 11.7 Å². The van der Waals surface area contributed by atoms with Gasteiger partial charge in [-0.3, -0.25) is 4.79 Å². The van der Waals surface area contributed by atoms with Gasteiger partial charge in [-0.15, -0.1) is 0 Å². The molecule has 3 rings (SSSR count). The molecule has 2 aliphatic rings. The number of nitrogens with zero attached hydrogens (tertiary/aromatic N) is 2. The van der Waals surface area contributed by atoms with Gasteiger partial charge >= 0.3 is 0 Å². The second-order valence-corrected chi connectivity index (χ2v) is 5.48. The number of rotatable bonds is 1. The van der Waals surface area contributed by atoms with Crippen LogP contribution < -0.4 is 0 Å². The van der Waals surface area contributed by atoms with Crippen LogP contribution in [0.15, 0.2) is 18.3 Å². The number of likely N-dealkylation sites (tertiary alicyclic amines) is 1. The third-order valence-corrected chi connectivity index (χ3v) is 4.40. The summed E-state index contributed by atoms with van der Waals surface area (Å²) in [5, 5.41) is 10.1. The molecule has 96 valence electrons. The normalized spacial score (nSPS) is 30.6. The standard InChI is InChI=1S/C13H15ClN2O2/c14-12-9(2-1-5-15-12)13(18)16-6-8-3-4-11(17)10(8)7-16/h1-2,5,8,10-11,17H,3-4,6-7H2. The van der Waals surface area contributed by atoms with Gasteiger partial charge in [-0.05, 0) is 30.9 Å². The second-order valence-electron chi connectivity index (χ2n) is 5.12. The number of aliphatic hydroxyl groups excluding tert-OH is 1. The molecule has 0 bridgehead atoms. The van der Waals surface area contributed by atoms with Gasteiger partial charge in [0.1, 0.15) is 5.15 Å². The van der Waals surface area contributed by atoms with E-state index in [-0.39, 0.29) is 23.1 Å². The van der Waals surface area contributed by atoms with Crippen molar-refractivity contribution in [3.8, 4) is 0 Å². The van der Waals surface area contributed by atoms with Gasteiger partial charge in [-0.2, -0.15) is 0 Å². The van der Waals surface area contributed by atoms with Crippen LogP contribution in [0.4, 0.5) is 0 Å². The maximum atomic E-state index is 12.3. The smallest absolute Gasteiger partial charge is 0.257 e. The Hall–Kier alpha value is -1.13. The second kappa shape index (κ2) is 4.52. The van der Waals surface area contributed by atoms with Crippen LogP contribution in [-0.2, 0) is 0 Å². The van der Waals surface area contributed by atoms with E-state index < -0.39 is 0 Å². The average molecular weight is 267 g/mol. The minimum absolute atomic E-state index is 0.0744. The number of halogens is 1. The minimum Gasteiger partial charge on any atom is -0.393 e. The molecule has 3 unspecified atom stereocenters. The van der Waals surface area contributed by atoms with E-state index in [1.807, 2.05) is 0 Å². The molecule has 1 aromatic rings. The van der Waals surface area contributed by atoms with Gasteiger partial charge in [-0.25, -0.2) is 4.98 Å². The molecular formula is C13H15ClN2O2. The summed E-state index contributed by atoms with van der Waals surface area (Å²) in [6, 6.07) is 3.41. The highest BCUT2D eigenvalue weighted by Crippen LogP contribution is 2.38. The van der Waals surface area contributed by atoms with Crippen molar-refractivity contribution >= 4 is 17.5 Å². The molecule has 2 heterocycles. The van der Waals surface area contributed by atoms with Crippen LogP contribution in [0.2, 0.25) is 5.15 Å². The summed E-state index contributed by atoms with van der Waals surface area (Å²) in [6.45, 7) is 1.36. The van der Waals surface area contributed by atoms with Crippen molar-refractivity contribution in [2.45, 2.75) is 18.9 Å². The number of fused-ring (bicyclic) bond motifs is 1. The van der Waals surface area contributed by atoms with E-state index in [0.717, 1.165) is 19.4 Å². The minimum atomic E-state index is -0.253. The summed E-state index contributed by atoms with van der Waals surface area (Å²) in [6.07, 6.45) is 3.19. The lowest BCUT2D eigenvalue weighted by Gasteiger charge is -2.18. The van der Waals surface area contributed by atoms with Crippen LogP contribution in [0.5, 0.6) is 0 Å². The third-order valence-electron chi connectivity index (χ3n) is 4.10. The van der Waals surface area contributed by atoms with E-state index in [1.165, 1.54) is 0 Å². The van der Waals surface area contributed by atoms with Crippen molar-refractivity contribution in [1.82, 2.24) is 9.88 Å². The predicted molar refractivity (Wildman–Crippen MR) is 67.4 cm³/mol. The molecule has 5 heteroatoms. The first-order valence-corrected chi connectivity index (χ1v) is 6.62. The molecule has 0 spiro atoms. The molecule has 0 radical (unpaired) electrons.